The van der Waals surface area contributed by atoms with Crippen LogP contribution in [0.1, 0.15) is 49.9 Å². The van der Waals surface area contributed by atoms with Crippen LogP contribution in [-0.4, -0.2) is 57.0 Å². The number of esters is 1. The number of nitrogens with one attached hydrogen (secondary N) is 1. The third kappa shape index (κ3) is 8.41. The normalized spacial score (nSPS) is 17.9. The van der Waals surface area contributed by atoms with Crippen molar-refractivity contribution in [3.05, 3.63) is 112 Å². The zero-order valence-corrected chi connectivity index (χ0v) is 27.9. The second-order valence-electron chi connectivity index (χ2n) is 12.2. The largest absolute Gasteiger partial charge is 0.467 e. The smallest absolute Gasteiger partial charge is 0.328 e. The third-order valence-corrected chi connectivity index (χ3v) is 10.1. The number of sulfonamides is 1. The van der Waals surface area contributed by atoms with E-state index in [1.165, 1.54) is 7.11 Å². The van der Waals surface area contributed by atoms with E-state index in [1.54, 1.807) is 41.6 Å². The SMILES string of the molecule is COC(=O)[C@H](Cc1ccccc1)NC(=O)CCOCC1=C[C@@H](C(C)(C)C)N(S(=O)(=O)c2ccccc2C)[C@H]1c1ccc(Cl)cc1. The van der Waals surface area contributed by atoms with Gasteiger partial charge in [-0.15, -0.1) is 0 Å². The number of nitrogens with zero attached hydrogens (tertiary/aromatic N) is 1. The van der Waals surface area contributed by atoms with Gasteiger partial charge < -0.3 is 14.8 Å². The number of methoxy groups -OCH3 is 1. The Morgan fingerprint density at radius 3 is 2.24 bits per heavy atom. The van der Waals surface area contributed by atoms with Gasteiger partial charge in [-0.05, 0) is 52.8 Å². The van der Waals surface area contributed by atoms with Gasteiger partial charge in [0.2, 0.25) is 15.9 Å². The topological polar surface area (TPSA) is 102 Å². The maximum Gasteiger partial charge on any atom is 0.328 e. The number of carbonyl (C=O) groups excluding carboxylic acids is 2. The lowest BCUT2D eigenvalue weighted by atomic mass is 9.87. The Balaban J connectivity index is 1.53. The first-order chi connectivity index (χ1) is 21.3. The molecular formula is C35H41ClN2O6S. The number of carbonyl (C=O) groups is 2. The van der Waals surface area contributed by atoms with Gasteiger partial charge in [0.15, 0.2) is 0 Å². The van der Waals surface area contributed by atoms with Gasteiger partial charge in [0.05, 0.1) is 31.3 Å². The fourth-order valence-electron chi connectivity index (χ4n) is 5.51. The van der Waals surface area contributed by atoms with Gasteiger partial charge in [-0.3, -0.25) is 4.79 Å². The summed E-state index contributed by atoms with van der Waals surface area (Å²) < 4.78 is 41.2. The van der Waals surface area contributed by atoms with Crippen molar-refractivity contribution in [2.24, 2.45) is 5.41 Å². The third-order valence-electron chi connectivity index (χ3n) is 7.82. The number of amides is 1. The zero-order chi connectivity index (χ0) is 32.8. The highest BCUT2D eigenvalue weighted by Gasteiger charge is 2.48. The Labute approximate surface area is 271 Å². The molecule has 3 aromatic carbocycles. The molecule has 0 radical (unpaired) electrons. The van der Waals surface area contributed by atoms with E-state index in [9.17, 15) is 18.0 Å². The fourth-order valence-corrected chi connectivity index (χ4v) is 7.80. The lowest BCUT2D eigenvalue weighted by Crippen LogP contribution is -2.45. The number of benzene rings is 3. The molecule has 8 nitrogen and oxygen atoms in total. The fraction of sp³-hybridized carbons (Fsp3) is 0.371. The van der Waals surface area contributed by atoms with Crippen LogP contribution in [0.25, 0.3) is 0 Å². The van der Waals surface area contributed by atoms with Crippen molar-refractivity contribution >= 4 is 33.5 Å². The molecule has 0 saturated heterocycles. The molecule has 1 amide bonds. The molecule has 3 atom stereocenters. The molecule has 1 aliphatic rings. The summed E-state index contributed by atoms with van der Waals surface area (Å²) in [6, 6.07) is 21.6. The molecule has 0 aliphatic carbocycles. The Kier molecular flexibility index (Phi) is 11.3. The highest BCUT2D eigenvalue weighted by Crippen LogP contribution is 2.46. The first-order valence-corrected chi connectivity index (χ1v) is 16.7. The standard InChI is InChI=1S/C35H41ClN2O6S/c1-24-11-9-10-14-30(24)45(41,42)38-31(35(2,3)4)22-27(33(38)26-15-17-28(36)18-16-26)23-44-20-19-32(39)37-29(34(40)43-5)21-25-12-7-6-8-13-25/h6-18,22,29,31,33H,19-21,23H2,1-5H3,(H,37,39)/t29-,31-,33-/m0/s1. The van der Waals surface area contributed by atoms with Gasteiger partial charge in [0, 0.05) is 23.9 Å². The summed E-state index contributed by atoms with van der Waals surface area (Å²) in [5.41, 5.74) is 2.64. The predicted octanol–water partition coefficient (Wildman–Crippen LogP) is 6.04. The van der Waals surface area contributed by atoms with Crippen molar-refractivity contribution < 1.29 is 27.5 Å². The van der Waals surface area contributed by atoms with E-state index in [-0.39, 0.29) is 30.4 Å². The molecule has 0 bridgehead atoms. The summed E-state index contributed by atoms with van der Waals surface area (Å²) in [6.07, 6.45) is 2.28. The summed E-state index contributed by atoms with van der Waals surface area (Å²) in [4.78, 5) is 25.4. The van der Waals surface area contributed by atoms with E-state index >= 15 is 0 Å². The van der Waals surface area contributed by atoms with Crippen LogP contribution in [0.15, 0.2) is 95.4 Å². The van der Waals surface area contributed by atoms with E-state index in [2.05, 4.69) is 5.32 Å². The zero-order valence-electron chi connectivity index (χ0n) is 26.3. The lowest BCUT2D eigenvalue weighted by molar-refractivity contribution is -0.145. The van der Waals surface area contributed by atoms with Gasteiger partial charge >= 0.3 is 5.97 Å². The van der Waals surface area contributed by atoms with Crippen molar-refractivity contribution in [2.75, 3.05) is 20.3 Å². The van der Waals surface area contributed by atoms with Crippen LogP contribution in [0.5, 0.6) is 0 Å². The van der Waals surface area contributed by atoms with Crippen molar-refractivity contribution in [1.82, 2.24) is 9.62 Å². The Morgan fingerprint density at radius 2 is 1.62 bits per heavy atom. The monoisotopic (exact) mass is 652 g/mol. The van der Waals surface area contributed by atoms with Gasteiger partial charge in [0.1, 0.15) is 6.04 Å². The molecule has 4 rings (SSSR count). The number of hydrogen-bond donors (Lipinski definition) is 1. The number of hydrogen-bond acceptors (Lipinski definition) is 6. The van der Waals surface area contributed by atoms with Gasteiger partial charge in [-0.1, -0.05) is 99.1 Å². The average Bonchev–Trinajstić information content (AvgIpc) is 3.41. The number of aryl methyl sites for hydroxylation is 1. The Hall–Kier alpha value is -3.50. The Bertz CT molecular complexity index is 1620. The molecule has 0 spiro atoms. The molecule has 1 heterocycles. The maximum absolute atomic E-state index is 14.4. The van der Waals surface area contributed by atoms with E-state index in [1.807, 2.05) is 75.4 Å². The number of ether oxygens (including phenoxy) is 2. The van der Waals surface area contributed by atoms with Crippen molar-refractivity contribution in [2.45, 2.75) is 63.6 Å². The molecule has 1 aliphatic heterocycles. The summed E-state index contributed by atoms with van der Waals surface area (Å²) >= 11 is 6.20. The molecule has 0 saturated carbocycles. The second kappa shape index (κ2) is 14.7. The molecule has 0 fully saturated rings. The quantitative estimate of drug-likeness (QED) is 0.145. The van der Waals surface area contributed by atoms with Crippen molar-refractivity contribution in [3.8, 4) is 0 Å². The molecule has 240 valence electrons. The number of rotatable bonds is 12. The van der Waals surface area contributed by atoms with Crippen LogP contribution in [-0.2, 0) is 35.5 Å². The number of halogens is 1. The van der Waals surface area contributed by atoms with E-state index in [0.29, 0.717) is 17.0 Å². The molecule has 45 heavy (non-hydrogen) atoms. The van der Waals surface area contributed by atoms with Crippen molar-refractivity contribution in [1.29, 1.82) is 0 Å². The molecule has 10 heteroatoms. The lowest BCUT2D eigenvalue weighted by Gasteiger charge is -2.37. The van der Waals surface area contributed by atoms with Gasteiger partial charge in [-0.2, -0.15) is 4.31 Å². The first kappa shape index (κ1) is 34.4. The van der Waals surface area contributed by atoms with Crippen LogP contribution >= 0.6 is 11.6 Å². The van der Waals surface area contributed by atoms with Crippen molar-refractivity contribution in [3.63, 3.8) is 0 Å². The summed E-state index contributed by atoms with van der Waals surface area (Å²) in [5.74, 6) is -0.884. The maximum atomic E-state index is 14.4. The van der Waals surface area contributed by atoms with E-state index < -0.39 is 39.5 Å². The molecular weight excluding hydrogens is 612 g/mol. The highest BCUT2D eigenvalue weighted by atomic mass is 35.5. The van der Waals surface area contributed by atoms with Crippen LogP contribution < -0.4 is 5.32 Å². The van der Waals surface area contributed by atoms with E-state index in [0.717, 1.165) is 16.7 Å². The van der Waals surface area contributed by atoms with Crippen LogP contribution in [0.4, 0.5) is 0 Å². The van der Waals surface area contributed by atoms with Crippen LogP contribution in [0.2, 0.25) is 5.02 Å². The van der Waals surface area contributed by atoms with Gasteiger partial charge in [0.25, 0.3) is 0 Å². The summed E-state index contributed by atoms with van der Waals surface area (Å²) in [5, 5.41) is 3.30. The van der Waals surface area contributed by atoms with Gasteiger partial charge in [-0.25, -0.2) is 13.2 Å². The minimum Gasteiger partial charge on any atom is -0.467 e. The summed E-state index contributed by atoms with van der Waals surface area (Å²) in [7, 11) is -2.66. The second-order valence-corrected chi connectivity index (χ2v) is 14.5. The first-order valence-electron chi connectivity index (χ1n) is 14.9. The molecule has 0 aromatic heterocycles. The average molecular weight is 653 g/mol. The molecule has 0 unspecified atom stereocenters. The molecule has 3 aromatic rings. The predicted molar refractivity (Wildman–Crippen MR) is 175 cm³/mol. The minimum atomic E-state index is -3.95. The Morgan fingerprint density at radius 1 is 0.978 bits per heavy atom. The highest BCUT2D eigenvalue weighted by molar-refractivity contribution is 7.89. The summed E-state index contributed by atoms with van der Waals surface area (Å²) in [6.45, 7) is 8.00. The van der Waals surface area contributed by atoms with Crippen LogP contribution in [0, 0.1) is 12.3 Å². The molecule has 1 N–H and O–H groups in total. The van der Waals surface area contributed by atoms with Crippen LogP contribution in [0.3, 0.4) is 0 Å². The van der Waals surface area contributed by atoms with E-state index in [4.69, 9.17) is 21.1 Å². The minimum absolute atomic E-state index is 0.00903.